The van der Waals surface area contributed by atoms with Crippen LogP contribution in [0.4, 0.5) is 0 Å². The molecule has 0 radical (unpaired) electrons. The van der Waals surface area contributed by atoms with Crippen LogP contribution < -0.4 is 0 Å². The molecule has 0 aromatic carbocycles. The monoisotopic (exact) mass is 372 g/mol. The lowest BCUT2D eigenvalue weighted by molar-refractivity contribution is -0.0629. The fourth-order valence-electron chi connectivity index (χ4n) is 3.45. The van der Waals surface area contributed by atoms with Gasteiger partial charge in [0.1, 0.15) is 6.10 Å². The number of aliphatic hydroxyl groups is 2. The van der Waals surface area contributed by atoms with Crippen molar-refractivity contribution in [2.75, 3.05) is 13.2 Å². The van der Waals surface area contributed by atoms with E-state index in [0.29, 0.717) is 6.61 Å². The molecule has 2 unspecified atom stereocenters. The SMILES string of the molecule is CCCCCCCCCCCCOC(CCCCCCCC)C(O)CO. The van der Waals surface area contributed by atoms with E-state index < -0.39 is 6.10 Å². The van der Waals surface area contributed by atoms with Gasteiger partial charge >= 0.3 is 0 Å². The van der Waals surface area contributed by atoms with E-state index in [9.17, 15) is 10.2 Å². The normalized spacial score (nSPS) is 13.8. The summed E-state index contributed by atoms with van der Waals surface area (Å²) in [4.78, 5) is 0. The first-order chi connectivity index (χ1) is 12.8. The van der Waals surface area contributed by atoms with Gasteiger partial charge in [0.05, 0.1) is 12.7 Å². The number of ether oxygens (including phenoxy) is 1. The lowest BCUT2D eigenvalue weighted by Gasteiger charge is -2.22. The quantitative estimate of drug-likeness (QED) is 0.229. The van der Waals surface area contributed by atoms with Crippen LogP contribution in [0.3, 0.4) is 0 Å². The van der Waals surface area contributed by atoms with Crippen molar-refractivity contribution in [2.24, 2.45) is 0 Å². The molecule has 0 heterocycles. The fourth-order valence-corrected chi connectivity index (χ4v) is 3.45. The number of hydrogen-bond donors (Lipinski definition) is 2. The molecule has 0 aliphatic rings. The first-order valence-corrected chi connectivity index (χ1v) is 11.7. The molecule has 0 fully saturated rings. The summed E-state index contributed by atoms with van der Waals surface area (Å²) in [6.45, 7) is 5.02. The van der Waals surface area contributed by atoms with Crippen LogP contribution in [0.5, 0.6) is 0 Å². The first-order valence-electron chi connectivity index (χ1n) is 11.7. The molecule has 0 spiro atoms. The lowest BCUT2D eigenvalue weighted by Crippen LogP contribution is -2.32. The molecule has 2 N–H and O–H groups in total. The van der Waals surface area contributed by atoms with Crippen molar-refractivity contribution >= 4 is 0 Å². The van der Waals surface area contributed by atoms with E-state index in [0.717, 1.165) is 19.3 Å². The van der Waals surface area contributed by atoms with Crippen molar-refractivity contribution in [1.82, 2.24) is 0 Å². The van der Waals surface area contributed by atoms with Crippen molar-refractivity contribution < 1.29 is 14.9 Å². The zero-order valence-corrected chi connectivity index (χ0v) is 17.9. The predicted molar refractivity (Wildman–Crippen MR) is 113 cm³/mol. The van der Waals surface area contributed by atoms with Gasteiger partial charge in [-0.15, -0.1) is 0 Å². The lowest BCUT2D eigenvalue weighted by atomic mass is 10.0. The minimum absolute atomic E-state index is 0.190. The average molecular weight is 373 g/mol. The van der Waals surface area contributed by atoms with E-state index in [1.807, 2.05) is 0 Å². The first kappa shape index (κ1) is 25.9. The van der Waals surface area contributed by atoms with E-state index in [-0.39, 0.29) is 12.7 Å². The van der Waals surface area contributed by atoms with Gasteiger partial charge in [-0.2, -0.15) is 0 Å². The number of aliphatic hydroxyl groups excluding tert-OH is 2. The molecule has 3 heteroatoms. The van der Waals surface area contributed by atoms with Gasteiger partial charge in [-0.05, 0) is 12.8 Å². The Morgan fingerprint density at radius 2 is 1.04 bits per heavy atom. The van der Waals surface area contributed by atoms with Gasteiger partial charge in [-0.25, -0.2) is 0 Å². The van der Waals surface area contributed by atoms with Crippen LogP contribution in [-0.4, -0.2) is 35.6 Å². The summed E-state index contributed by atoms with van der Waals surface area (Å²) in [5, 5.41) is 19.2. The summed E-state index contributed by atoms with van der Waals surface area (Å²) >= 11 is 0. The topological polar surface area (TPSA) is 49.7 Å². The van der Waals surface area contributed by atoms with E-state index in [2.05, 4.69) is 13.8 Å². The molecule has 3 nitrogen and oxygen atoms in total. The maximum absolute atomic E-state index is 9.94. The Morgan fingerprint density at radius 3 is 1.50 bits per heavy atom. The zero-order chi connectivity index (χ0) is 19.3. The fraction of sp³-hybridized carbons (Fsp3) is 1.00. The molecule has 0 aromatic rings. The molecule has 26 heavy (non-hydrogen) atoms. The molecule has 0 bridgehead atoms. The molecule has 2 atom stereocenters. The van der Waals surface area contributed by atoms with Crippen molar-refractivity contribution in [3.63, 3.8) is 0 Å². The third kappa shape index (κ3) is 17.3. The highest BCUT2D eigenvalue weighted by atomic mass is 16.5. The molecule has 0 aliphatic carbocycles. The summed E-state index contributed by atoms with van der Waals surface area (Å²) in [5.41, 5.74) is 0. The Morgan fingerprint density at radius 1 is 0.615 bits per heavy atom. The van der Waals surface area contributed by atoms with Gasteiger partial charge in [0.15, 0.2) is 0 Å². The molecule has 0 saturated carbocycles. The maximum atomic E-state index is 9.94. The Kier molecular flexibility index (Phi) is 21.1. The summed E-state index contributed by atoms with van der Waals surface area (Å²) < 4.78 is 5.88. The number of rotatable bonds is 21. The van der Waals surface area contributed by atoms with Crippen molar-refractivity contribution in [2.45, 2.75) is 135 Å². The van der Waals surface area contributed by atoms with Gasteiger partial charge in [-0.3, -0.25) is 0 Å². The van der Waals surface area contributed by atoms with Gasteiger partial charge in [0.25, 0.3) is 0 Å². The molecule has 0 rings (SSSR count). The van der Waals surface area contributed by atoms with Gasteiger partial charge in [0.2, 0.25) is 0 Å². The Labute approximate surface area is 163 Å². The zero-order valence-electron chi connectivity index (χ0n) is 17.9. The predicted octanol–water partition coefficient (Wildman–Crippen LogP) is 6.40. The Hall–Kier alpha value is -0.120. The second-order valence-corrected chi connectivity index (χ2v) is 7.90. The summed E-state index contributed by atoms with van der Waals surface area (Å²) in [5.74, 6) is 0. The van der Waals surface area contributed by atoms with Crippen LogP contribution in [0.2, 0.25) is 0 Å². The van der Waals surface area contributed by atoms with Crippen LogP contribution in [0.1, 0.15) is 123 Å². The summed E-state index contributed by atoms with van der Waals surface area (Å²) in [6, 6.07) is 0. The number of unbranched alkanes of at least 4 members (excludes halogenated alkanes) is 14. The van der Waals surface area contributed by atoms with Crippen LogP contribution >= 0.6 is 0 Å². The van der Waals surface area contributed by atoms with E-state index in [1.165, 1.54) is 89.9 Å². The second kappa shape index (κ2) is 21.2. The van der Waals surface area contributed by atoms with Crippen LogP contribution in [0.15, 0.2) is 0 Å². The minimum atomic E-state index is -0.728. The molecular weight excluding hydrogens is 324 g/mol. The molecule has 0 saturated heterocycles. The maximum Gasteiger partial charge on any atom is 0.103 e. The standard InChI is InChI=1S/C23H48O3/c1-3-5-7-9-11-12-13-14-16-18-20-26-23(22(25)21-24)19-17-15-10-8-6-4-2/h22-25H,3-21H2,1-2H3. The third-order valence-corrected chi connectivity index (χ3v) is 5.29. The smallest absolute Gasteiger partial charge is 0.103 e. The van der Waals surface area contributed by atoms with Crippen molar-refractivity contribution in [1.29, 1.82) is 0 Å². The van der Waals surface area contributed by atoms with Crippen LogP contribution in [0.25, 0.3) is 0 Å². The van der Waals surface area contributed by atoms with E-state index >= 15 is 0 Å². The summed E-state index contributed by atoms with van der Waals surface area (Å²) in [7, 11) is 0. The van der Waals surface area contributed by atoms with Crippen molar-refractivity contribution in [3.8, 4) is 0 Å². The molecule has 0 amide bonds. The van der Waals surface area contributed by atoms with Crippen LogP contribution in [-0.2, 0) is 4.74 Å². The largest absolute Gasteiger partial charge is 0.394 e. The highest BCUT2D eigenvalue weighted by Crippen LogP contribution is 2.15. The van der Waals surface area contributed by atoms with Crippen LogP contribution in [0, 0.1) is 0 Å². The molecule has 0 aliphatic heterocycles. The highest BCUT2D eigenvalue weighted by Gasteiger charge is 2.18. The Balaban J connectivity index is 3.56. The van der Waals surface area contributed by atoms with Gasteiger partial charge < -0.3 is 14.9 Å². The second-order valence-electron chi connectivity index (χ2n) is 7.90. The molecule has 0 aromatic heterocycles. The van der Waals surface area contributed by atoms with Crippen molar-refractivity contribution in [3.05, 3.63) is 0 Å². The average Bonchev–Trinajstić information content (AvgIpc) is 2.66. The van der Waals surface area contributed by atoms with Gasteiger partial charge in [-0.1, -0.05) is 110 Å². The number of hydrogen-bond acceptors (Lipinski definition) is 3. The van der Waals surface area contributed by atoms with Gasteiger partial charge in [0, 0.05) is 6.61 Å². The Bertz CT molecular complexity index is 258. The summed E-state index contributed by atoms with van der Waals surface area (Å²) in [6.07, 6.45) is 20.6. The minimum Gasteiger partial charge on any atom is -0.394 e. The molecule has 158 valence electrons. The highest BCUT2D eigenvalue weighted by molar-refractivity contribution is 4.68. The van der Waals surface area contributed by atoms with E-state index in [4.69, 9.17) is 4.74 Å². The van der Waals surface area contributed by atoms with E-state index in [1.54, 1.807) is 0 Å². The third-order valence-electron chi connectivity index (χ3n) is 5.29. The molecular formula is C23H48O3.